The van der Waals surface area contributed by atoms with Crippen LogP contribution in [0.1, 0.15) is 6.23 Å². The van der Waals surface area contributed by atoms with E-state index in [9.17, 15) is 10.2 Å². The van der Waals surface area contributed by atoms with E-state index in [0.717, 1.165) is 5.56 Å². The van der Waals surface area contributed by atoms with Gasteiger partial charge in [-0.25, -0.2) is 15.0 Å². The van der Waals surface area contributed by atoms with Gasteiger partial charge in [-0.3, -0.25) is 4.57 Å². The first-order valence-corrected chi connectivity index (χ1v) is 8.26. The number of nitrogens with two attached hydrogens (primary N) is 1. The summed E-state index contributed by atoms with van der Waals surface area (Å²) in [6.07, 6.45) is -2.56. The average Bonchev–Trinajstić information content (AvgIpc) is 3.15. The number of benzene rings is 1. The minimum atomic E-state index is -1.18. The molecule has 25 heavy (non-hydrogen) atoms. The number of hydrogen-bond acceptors (Lipinski definition) is 7. The number of ether oxygens (including phenoxy) is 1. The van der Waals surface area contributed by atoms with E-state index >= 15 is 0 Å². The smallest absolute Gasteiger partial charge is 0.168 e. The lowest BCUT2D eigenvalue weighted by atomic mass is 10.1. The van der Waals surface area contributed by atoms with Crippen LogP contribution in [0.3, 0.4) is 0 Å². The van der Waals surface area contributed by atoms with Gasteiger partial charge in [0, 0.05) is 5.56 Å². The van der Waals surface area contributed by atoms with E-state index in [1.54, 1.807) is 4.57 Å². The number of nitrogen functional groups attached to an aromatic ring is 1. The molecule has 9 heteroatoms. The molecule has 1 saturated heterocycles. The fraction of sp³-hybridized carbons (Fsp3) is 0.312. The van der Waals surface area contributed by atoms with Crippen molar-refractivity contribution >= 4 is 28.6 Å². The first-order chi connectivity index (χ1) is 12.1. The average molecular weight is 362 g/mol. The third-order valence-corrected chi connectivity index (χ3v) is 4.59. The summed E-state index contributed by atoms with van der Waals surface area (Å²) >= 11 is 5.83. The molecule has 3 heterocycles. The highest BCUT2D eigenvalue weighted by Gasteiger charge is 2.44. The van der Waals surface area contributed by atoms with Crippen molar-refractivity contribution in [2.75, 3.05) is 11.6 Å². The number of halogens is 1. The highest BCUT2D eigenvalue weighted by atomic mass is 35.5. The lowest BCUT2D eigenvalue weighted by Gasteiger charge is -2.19. The van der Waals surface area contributed by atoms with Crippen LogP contribution in [-0.2, 0) is 4.74 Å². The molecule has 2 aromatic heterocycles. The molecule has 1 aromatic carbocycles. The SMILES string of the molecule is Nc1ncnc2c1nc(-c1ccccc1)n2[C@@H]1O[C@H](CCl)[C@@H](O)[C@H]1O. The standard InChI is InChI=1S/C16H16ClN5O3/c17-6-9-11(23)12(24)16(25-9)22-14(8-4-2-1-3-5-8)21-10-13(18)19-7-20-15(10)22/h1-5,7,9,11-12,16,23-24H,6H2,(H2,18,19,20)/t9-,11-,12-,16-/m1/s1. The second-order valence-electron chi connectivity index (χ2n) is 5.80. The van der Waals surface area contributed by atoms with Crippen molar-refractivity contribution in [3.8, 4) is 11.4 Å². The first-order valence-electron chi connectivity index (χ1n) is 7.73. The maximum atomic E-state index is 10.5. The van der Waals surface area contributed by atoms with Crippen LogP contribution in [0, 0.1) is 0 Å². The van der Waals surface area contributed by atoms with E-state index in [2.05, 4.69) is 15.0 Å². The van der Waals surface area contributed by atoms with E-state index in [4.69, 9.17) is 22.1 Å². The van der Waals surface area contributed by atoms with Gasteiger partial charge in [0.15, 0.2) is 23.2 Å². The summed E-state index contributed by atoms with van der Waals surface area (Å²) in [5.41, 5.74) is 7.54. The number of aliphatic hydroxyl groups is 2. The fourth-order valence-electron chi connectivity index (χ4n) is 3.03. The number of hydrogen-bond donors (Lipinski definition) is 3. The maximum absolute atomic E-state index is 10.5. The molecule has 0 aliphatic carbocycles. The number of alkyl halides is 1. The lowest BCUT2D eigenvalue weighted by molar-refractivity contribution is -0.0281. The van der Waals surface area contributed by atoms with Crippen LogP contribution in [0.25, 0.3) is 22.6 Å². The molecule has 0 amide bonds. The maximum Gasteiger partial charge on any atom is 0.168 e. The number of nitrogens with zero attached hydrogens (tertiary/aromatic N) is 4. The second-order valence-corrected chi connectivity index (χ2v) is 6.11. The number of imidazole rings is 1. The van der Waals surface area contributed by atoms with Gasteiger partial charge in [0.25, 0.3) is 0 Å². The zero-order valence-corrected chi connectivity index (χ0v) is 13.8. The van der Waals surface area contributed by atoms with Gasteiger partial charge in [-0.2, -0.15) is 0 Å². The molecule has 1 fully saturated rings. The third-order valence-electron chi connectivity index (χ3n) is 4.28. The van der Waals surface area contributed by atoms with Crippen molar-refractivity contribution in [3.05, 3.63) is 36.7 Å². The molecule has 1 aliphatic rings. The molecule has 0 bridgehead atoms. The molecule has 0 spiro atoms. The second kappa shape index (κ2) is 6.23. The van der Waals surface area contributed by atoms with Crippen molar-refractivity contribution < 1.29 is 14.9 Å². The molecule has 3 aromatic rings. The van der Waals surface area contributed by atoms with Crippen molar-refractivity contribution in [2.24, 2.45) is 0 Å². The minimum absolute atomic E-state index is 0.0547. The van der Waals surface area contributed by atoms with Crippen LogP contribution < -0.4 is 5.73 Å². The summed E-state index contributed by atoms with van der Waals surface area (Å²) in [6.45, 7) is 0. The Kier molecular flexibility index (Phi) is 4.04. The minimum Gasteiger partial charge on any atom is -0.387 e. The quantitative estimate of drug-likeness (QED) is 0.594. The third kappa shape index (κ3) is 2.54. The topological polar surface area (TPSA) is 119 Å². The Hall–Kier alpha value is -2.26. The Bertz CT molecular complexity index is 903. The van der Waals surface area contributed by atoms with Crippen LogP contribution in [0.15, 0.2) is 36.7 Å². The van der Waals surface area contributed by atoms with Gasteiger partial charge in [0.1, 0.15) is 30.5 Å². The number of aromatic nitrogens is 4. The van der Waals surface area contributed by atoms with E-state index < -0.39 is 24.5 Å². The zero-order chi connectivity index (χ0) is 17.6. The molecule has 4 rings (SSSR count). The molecule has 0 radical (unpaired) electrons. The number of fused-ring (bicyclic) bond motifs is 1. The summed E-state index contributed by atoms with van der Waals surface area (Å²) in [5, 5.41) is 20.6. The first kappa shape index (κ1) is 16.2. The molecule has 4 atom stereocenters. The normalized spacial score (nSPS) is 26.4. The highest BCUT2D eigenvalue weighted by Crippen LogP contribution is 2.36. The van der Waals surface area contributed by atoms with Gasteiger partial charge in [-0.05, 0) is 0 Å². The van der Waals surface area contributed by atoms with E-state index in [-0.39, 0.29) is 11.7 Å². The lowest BCUT2D eigenvalue weighted by Crippen LogP contribution is -2.32. The summed E-state index contributed by atoms with van der Waals surface area (Å²) < 4.78 is 7.41. The zero-order valence-electron chi connectivity index (χ0n) is 13.0. The molecule has 0 saturated carbocycles. The van der Waals surface area contributed by atoms with Gasteiger partial charge >= 0.3 is 0 Å². The number of rotatable bonds is 3. The Morgan fingerprint density at radius 3 is 2.60 bits per heavy atom. The van der Waals surface area contributed by atoms with Crippen LogP contribution in [0.5, 0.6) is 0 Å². The van der Waals surface area contributed by atoms with E-state index in [0.29, 0.717) is 17.0 Å². The van der Waals surface area contributed by atoms with E-state index in [1.807, 2.05) is 30.3 Å². The van der Waals surface area contributed by atoms with Gasteiger partial charge in [0.2, 0.25) is 0 Å². The molecular weight excluding hydrogens is 346 g/mol. The summed E-state index contributed by atoms with van der Waals surface area (Å²) in [6, 6.07) is 9.38. The molecule has 8 nitrogen and oxygen atoms in total. The number of aliphatic hydroxyl groups excluding tert-OH is 2. The van der Waals surface area contributed by atoms with Crippen molar-refractivity contribution in [2.45, 2.75) is 24.5 Å². The number of anilines is 1. The van der Waals surface area contributed by atoms with Gasteiger partial charge in [0.05, 0.1) is 5.88 Å². The molecule has 4 N–H and O–H groups in total. The van der Waals surface area contributed by atoms with Crippen LogP contribution in [0.4, 0.5) is 5.82 Å². The van der Waals surface area contributed by atoms with Crippen LogP contribution >= 0.6 is 11.6 Å². The Labute approximate surface area is 147 Å². The Morgan fingerprint density at radius 1 is 1.16 bits per heavy atom. The molecular formula is C16H16ClN5O3. The molecule has 130 valence electrons. The predicted molar refractivity (Wildman–Crippen MR) is 91.8 cm³/mol. The van der Waals surface area contributed by atoms with Crippen LogP contribution in [0.2, 0.25) is 0 Å². The van der Waals surface area contributed by atoms with Crippen molar-refractivity contribution in [1.29, 1.82) is 0 Å². The van der Waals surface area contributed by atoms with Gasteiger partial charge in [-0.15, -0.1) is 11.6 Å². The summed E-state index contributed by atoms with van der Waals surface area (Å²) in [7, 11) is 0. The predicted octanol–water partition coefficient (Wildman–Crippen LogP) is 0.933. The van der Waals surface area contributed by atoms with Crippen molar-refractivity contribution in [1.82, 2.24) is 19.5 Å². The summed E-state index contributed by atoms with van der Waals surface area (Å²) in [4.78, 5) is 12.8. The Morgan fingerprint density at radius 2 is 1.92 bits per heavy atom. The highest BCUT2D eigenvalue weighted by molar-refractivity contribution is 6.18. The molecule has 1 aliphatic heterocycles. The van der Waals surface area contributed by atoms with E-state index in [1.165, 1.54) is 6.33 Å². The van der Waals surface area contributed by atoms with Crippen molar-refractivity contribution in [3.63, 3.8) is 0 Å². The van der Waals surface area contributed by atoms with Crippen LogP contribution in [-0.4, -0.2) is 53.9 Å². The largest absolute Gasteiger partial charge is 0.387 e. The summed E-state index contributed by atoms with van der Waals surface area (Å²) in [5.74, 6) is 0.788. The van der Waals surface area contributed by atoms with Gasteiger partial charge in [-0.1, -0.05) is 30.3 Å². The molecule has 0 unspecified atom stereocenters. The monoisotopic (exact) mass is 361 g/mol. The Balaban J connectivity index is 1.94. The van der Waals surface area contributed by atoms with Gasteiger partial charge < -0.3 is 20.7 Å². The fourth-order valence-corrected chi connectivity index (χ4v) is 3.28.